The molecule has 0 aliphatic carbocycles. The Labute approximate surface area is 64.3 Å². The van der Waals surface area contributed by atoms with Crippen molar-refractivity contribution in [2.45, 2.75) is 0 Å². The van der Waals surface area contributed by atoms with Gasteiger partial charge in [-0.2, -0.15) is 0 Å². The van der Waals surface area contributed by atoms with E-state index in [1.54, 1.807) is 12.1 Å². The molecule has 0 heterocycles. The second-order valence-electron chi connectivity index (χ2n) is 1.57. The molecule has 0 fully saturated rings. The van der Waals surface area contributed by atoms with Crippen LogP contribution in [0, 0.1) is 0 Å². The van der Waals surface area contributed by atoms with Crippen molar-refractivity contribution < 1.29 is 5.11 Å². The summed E-state index contributed by atoms with van der Waals surface area (Å²) in [5, 5.41) is 5.05. The lowest BCUT2D eigenvalue weighted by Crippen LogP contribution is -1.66. The first-order chi connectivity index (χ1) is 4.74. The summed E-state index contributed by atoms with van der Waals surface area (Å²) in [6, 6.07) is 4.69. The Kier molecular flexibility index (Phi) is 1.47. The van der Waals surface area contributed by atoms with Crippen LogP contribution in [0.25, 0.3) is 0 Å². The molecule has 1 aromatic carbocycles. The van der Waals surface area contributed by atoms with E-state index >= 15 is 0 Å². The molecule has 48 valence electrons. The summed E-state index contributed by atoms with van der Waals surface area (Å²) in [5.41, 5.74) is 0. The van der Waals surface area contributed by atoms with Crippen LogP contribution >= 0.6 is 23.2 Å². The van der Waals surface area contributed by atoms with E-state index in [9.17, 15) is 0 Å². The summed E-state index contributed by atoms with van der Waals surface area (Å²) in [4.78, 5) is 0. The molecule has 0 unspecified atom stereocenters. The summed E-state index contributed by atoms with van der Waals surface area (Å²) in [5.74, 6) is 0.272. The zero-order valence-corrected chi connectivity index (χ0v) is 5.91. The second-order valence-corrected chi connectivity index (χ2v) is 2.42. The molecule has 1 nitrogen and oxygen atoms in total. The van der Waals surface area contributed by atoms with Gasteiger partial charge in [0.2, 0.25) is 0 Å². The normalized spacial score (nSPS) is 10.7. The predicted molar refractivity (Wildman–Crippen MR) is 38.1 cm³/mol. The Morgan fingerprint density at radius 1 is 1.44 bits per heavy atom. The average Bonchev–Trinajstić information content (AvgIpc) is 1.94. The van der Waals surface area contributed by atoms with Gasteiger partial charge < -0.3 is 5.11 Å². The molecule has 1 aromatic rings. The Bertz CT molecular complexity index is 239. The lowest BCUT2D eigenvalue weighted by atomic mass is 10.3. The monoisotopic (exact) mass is 163 g/mol. The number of hydrogen-bond donors (Lipinski definition) is 1. The minimum atomic E-state index is 0.272. The first-order valence-corrected chi connectivity index (χ1v) is 3.08. The highest BCUT2D eigenvalue weighted by Crippen LogP contribution is 2.25. The van der Waals surface area contributed by atoms with Crippen molar-refractivity contribution >= 4 is 23.2 Å². The first kappa shape index (κ1) is 5.39. The van der Waals surface area contributed by atoms with Crippen LogP contribution in [0.1, 0.15) is 0 Å². The number of hydrogen-bond acceptors (Lipinski definition) is 1. The van der Waals surface area contributed by atoms with Crippen molar-refractivity contribution in [3.8, 4) is 5.75 Å². The molecular formula is C6H4Cl2O. The molecule has 0 bridgehead atoms. The molecule has 0 amide bonds. The molecule has 0 saturated carbocycles. The number of benzene rings is 1. The van der Waals surface area contributed by atoms with E-state index in [4.69, 9.17) is 24.6 Å². The Morgan fingerprint density at radius 3 is 2.78 bits per heavy atom. The van der Waals surface area contributed by atoms with Crippen LogP contribution in [-0.2, 0) is 0 Å². The highest BCUT2D eigenvalue weighted by atomic mass is 35.5. The fourth-order valence-electron chi connectivity index (χ4n) is 0.477. The van der Waals surface area contributed by atoms with E-state index < -0.39 is 0 Å². The summed E-state index contributed by atoms with van der Waals surface area (Å²) in [6.07, 6.45) is 0. The van der Waals surface area contributed by atoms with Gasteiger partial charge in [0.15, 0.2) is 0 Å². The zero-order valence-electron chi connectivity index (χ0n) is 5.40. The third-order valence-corrected chi connectivity index (χ3v) is 1.44. The molecule has 0 atom stereocenters. The van der Waals surface area contributed by atoms with Gasteiger partial charge in [0.1, 0.15) is 5.75 Å². The van der Waals surface area contributed by atoms with Crippen molar-refractivity contribution in [1.29, 1.82) is 1.43 Å². The third kappa shape index (κ3) is 1.50. The van der Waals surface area contributed by atoms with Gasteiger partial charge in [-0.3, -0.25) is 0 Å². The van der Waals surface area contributed by atoms with Crippen LogP contribution in [0.2, 0.25) is 10.0 Å². The molecule has 0 aliphatic heterocycles. The van der Waals surface area contributed by atoms with Crippen molar-refractivity contribution in [2.24, 2.45) is 0 Å². The molecule has 0 spiro atoms. The van der Waals surface area contributed by atoms with Gasteiger partial charge in [0.25, 0.3) is 1.43 Å². The van der Waals surface area contributed by atoms with Crippen LogP contribution in [0.3, 0.4) is 0 Å². The molecule has 0 radical (unpaired) electrons. The van der Waals surface area contributed by atoms with Crippen LogP contribution in [0.4, 0.5) is 0 Å². The average molecular weight is 164 g/mol. The fraction of sp³-hybridized carbons (Fsp3) is 0. The smallest absolute Gasteiger partial charge is 0.293 e. The van der Waals surface area contributed by atoms with E-state index in [2.05, 4.69) is 5.11 Å². The SMILES string of the molecule is [2H]Oc1cc(Cl)ccc1Cl. The summed E-state index contributed by atoms with van der Waals surface area (Å²) < 4.78 is 6.54. The second kappa shape index (κ2) is 2.46. The molecule has 3 heteroatoms. The number of phenols is 1. The largest absolute Gasteiger partial charge is 0.506 e. The summed E-state index contributed by atoms with van der Waals surface area (Å²) >= 11 is 11.2. The summed E-state index contributed by atoms with van der Waals surface area (Å²) in [7, 11) is 0. The van der Waals surface area contributed by atoms with Gasteiger partial charge in [-0.15, -0.1) is 0 Å². The topological polar surface area (TPSA) is 20.2 Å². The third-order valence-electron chi connectivity index (χ3n) is 0.893. The minimum absolute atomic E-state index is 0.272. The van der Waals surface area contributed by atoms with E-state index in [0.29, 0.717) is 10.0 Å². The molecule has 1 rings (SSSR count). The molecule has 0 aromatic heterocycles. The van der Waals surface area contributed by atoms with Crippen LogP contribution in [0.15, 0.2) is 18.2 Å². The van der Waals surface area contributed by atoms with Crippen molar-refractivity contribution in [3.05, 3.63) is 28.2 Å². The van der Waals surface area contributed by atoms with Crippen LogP contribution < -0.4 is 0 Å². The maximum absolute atomic E-state index is 6.54. The number of phenolic OH excluding ortho intramolecular Hbond substituents is 1. The predicted octanol–water partition coefficient (Wildman–Crippen LogP) is 2.70. The number of halogens is 2. The quantitative estimate of drug-likeness (QED) is 0.676. The van der Waals surface area contributed by atoms with E-state index in [0.717, 1.165) is 0 Å². The molecule has 0 aliphatic rings. The highest BCUT2D eigenvalue weighted by Gasteiger charge is 1.95. The molecule has 1 N–H and O–H groups in total. The zero-order chi connectivity index (χ0) is 7.56. The van der Waals surface area contributed by atoms with Crippen molar-refractivity contribution in [2.75, 3.05) is 0 Å². The molecule has 0 saturated heterocycles. The highest BCUT2D eigenvalue weighted by molar-refractivity contribution is 6.34. The lowest BCUT2D eigenvalue weighted by Gasteiger charge is -1.93. The van der Waals surface area contributed by atoms with Gasteiger partial charge >= 0.3 is 0 Å². The van der Waals surface area contributed by atoms with E-state index in [1.807, 2.05) is 0 Å². The van der Waals surface area contributed by atoms with Gasteiger partial charge in [-0.25, -0.2) is 0 Å². The first-order valence-electron chi connectivity index (χ1n) is 2.73. The molecule has 9 heavy (non-hydrogen) atoms. The standard InChI is InChI=1S/C6H4Cl2O/c7-4-1-2-5(8)6(9)3-4/h1-3,9H/i/hD. The summed E-state index contributed by atoms with van der Waals surface area (Å²) in [6.45, 7) is 0. The Morgan fingerprint density at radius 2 is 2.22 bits per heavy atom. The Balaban J connectivity index is 3.09. The Hall–Kier alpha value is -0.400. The van der Waals surface area contributed by atoms with Gasteiger partial charge in [0.05, 0.1) is 5.02 Å². The lowest BCUT2D eigenvalue weighted by molar-refractivity contribution is 0.475. The van der Waals surface area contributed by atoms with E-state index in [1.165, 1.54) is 6.07 Å². The van der Waals surface area contributed by atoms with Gasteiger partial charge in [-0.05, 0) is 12.1 Å². The number of rotatable bonds is 1. The van der Waals surface area contributed by atoms with Gasteiger partial charge in [0, 0.05) is 11.1 Å². The van der Waals surface area contributed by atoms with E-state index in [-0.39, 0.29) is 5.75 Å². The maximum Gasteiger partial charge on any atom is 0.293 e. The van der Waals surface area contributed by atoms with Gasteiger partial charge in [-0.1, -0.05) is 23.2 Å². The molecular weight excluding hydrogens is 159 g/mol. The van der Waals surface area contributed by atoms with Crippen molar-refractivity contribution in [3.63, 3.8) is 0 Å². The van der Waals surface area contributed by atoms with Crippen molar-refractivity contribution in [1.82, 2.24) is 0 Å². The fourth-order valence-corrected chi connectivity index (χ4v) is 0.757. The number of aromatic hydroxyl groups is 1. The minimum Gasteiger partial charge on any atom is -0.506 e. The maximum atomic E-state index is 6.54. The van der Waals surface area contributed by atoms with Crippen LogP contribution in [-0.4, -0.2) is 6.54 Å². The van der Waals surface area contributed by atoms with Crippen LogP contribution in [0.5, 0.6) is 5.75 Å².